The molecule has 2 amide bonds. The van der Waals surface area contributed by atoms with Crippen LogP contribution >= 0.6 is 0 Å². The second-order valence-electron chi connectivity index (χ2n) is 4.22. The van der Waals surface area contributed by atoms with Crippen LogP contribution in [-0.2, 0) is 14.4 Å². The summed E-state index contributed by atoms with van der Waals surface area (Å²) in [7, 11) is 0. The number of hydrogen-bond acceptors (Lipinski definition) is 4. The Kier molecular flexibility index (Phi) is 4.06. The summed E-state index contributed by atoms with van der Waals surface area (Å²) in [5.74, 6) is -1.67. The van der Waals surface area contributed by atoms with Gasteiger partial charge in [-0.2, -0.15) is 0 Å². The van der Waals surface area contributed by atoms with Crippen LogP contribution in [0.2, 0.25) is 0 Å². The molecule has 0 aliphatic carbocycles. The number of piperazine rings is 1. The lowest BCUT2D eigenvalue weighted by molar-refractivity contribution is -0.147. The first-order valence-electron chi connectivity index (χ1n) is 5.44. The summed E-state index contributed by atoms with van der Waals surface area (Å²) >= 11 is 0. The molecule has 1 aliphatic rings. The van der Waals surface area contributed by atoms with Gasteiger partial charge in [-0.3, -0.25) is 14.9 Å². The van der Waals surface area contributed by atoms with Crippen molar-refractivity contribution in [3.63, 3.8) is 0 Å². The fraction of sp³-hybridized carbons (Fsp3) is 0.700. The van der Waals surface area contributed by atoms with Gasteiger partial charge in [0.05, 0.1) is 6.54 Å². The summed E-state index contributed by atoms with van der Waals surface area (Å²) in [6.45, 7) is 3.37. The molecule has 1 saturated heterocycles. The van der Waals surface area contributed by atoms with E-state index in [0.717, 1.165) is 0 Å². The van der Waals surface area contributed by atoms with Crippen molar-refractivity contribution >= 4 is 17.8 Å². The number of carbonyl (C=O) groups is 3. The summed E-state index contributed by atoms with van der Waals surface area (Å²) < 4.78 is 0. The van der Waals surface area contributed by atoms with Crippen molar-refractivity contribution in [1.82, 2.24) is 16.0 Å². The topological polar surface area (TPSA) is 108 Å². The second-order valence-corrected chi connectivity index (χ2v) is 4.22. The van der Waals surface area contributed by atoms with Crippen molar-refractivity contribution in [2.45, 2.75) is 31.8 Å². The SMILES string of the molecule is CCC(C)(NC(=O)C1CNC(=O)CN1)C(=O)O. The average molecular weight is 243 g/mol. The average Bonchev–Trinajstić information content (AvgIpc) is 2.29. The molecule has 4 N–H and O–H groups in total. The first-order chi connectivity index (χ1) is 7.89. The quantitative estimate of drug-likeness (QED) is 0.478. The zero-order valence-corrected chi connectivity index (χ0v) is 9.87. The van der Waals surface area contributed by atoms with E-state index in [1.165, 1.54) is 6.92 Å². The first kappa shape index (κ1) is 13.4. The van der Waals surface area contributed by atoms with Crippen LogP contribution < -0.4 is 16.0 Å². The smallest absolute Gasteiger partial charge is 0.329 e. The molecule has 0 bridgehead atoms. The minimum Gasteiger partial charge on any atom is -0.480 e. The van der Waals surface area contributed by atoms with Gasteiger partial charge in [-0.15, -0.1) is 0 Å². The number of carboxylic acids is 1. The van der Waals surface area contributed by atoms with Crippen molar-refractivity contribution < 1.29 is 19.5 Å². The van der Waals surface area contributed by atoms with Crippen molar-refractivity contribution in [2.75, 3.05) is 13.1 Å². The maximum absolute atomic E-state index is 11.8. The Balaban J connectivity index is 2.59. The molecule has 17 heavy (non-hydrogen) atoms. The Morgan fingerprint density at radius 2 is 2.24 bits per heavy atom. The minimum absolute atomic E-state index is 0.0635. The molecule has 2 atom stereocenters. The van der Waals surface area contributed by atoms with Gasteiger partial charge < -0.3 is 15.7 Å². The summed E-state index contributed by atoms with van der Waals surface area (Å²) in [6, 6.07) is -0.585. The van der Waals surface area contributed by atoms with E-state index in [1.807, 2.05) is 0 Å². The van der Waals surface area contributed by atoms with E-state index in [0.29, 0.717) is 0 Å². The zero-order valence-electron chi connectivity index (χ0n) is 9.87. The van der Waals surface area contributed by atoms with Gasteiger partial charge in [0.25, 0.3) is 0 Å². The molecule has 0 spiro atoms. The Hall–Kier alpha value is -1.63. The summed E-state index contributed by atoms with van der Waals surface area (Å²) in [4.78, 5) is 33.7. The standard InChI is InChI=1S/C10H17N3O4/c1-3-10(2,9(16)17)13-8(15)6-4-12-7(14)5-11-6/h6,11H,3-5H2,1-2H3,(H,12,14)(H,13,15)(H,16,17). The van der Waals surface area contributed by atoms with E-state index < -0.39 is 23.5 Å². The lowest BCUT2D eigenvalue weighted by atomic mass is 9.98. The van der Waals surface area contributed by atoms with E-state index in [2.05, 4.69) is 16.0 Å². The molecule has 7 heteroatoms. The number of rotatable bonds is 4. The molecule has 7 nitrogen and oxygen atoms in total. The Morgan fingerprint density at radius 1 is 1.59 bits per heavy atom. The summed E-state index contributed by atoms with van der Waals surface area (Å²) in [5.41, 5.74) is -1.28. The van der Waals surface area contributed by atoms with Crippen LogP contribution in [0, 0.1) is 0 Å². The van der Waals surface area contributed by atoms with Gasteiger partial charge >= 0.3 is 5.97 Å². The van der Waals surface area contributed by atoms with E-state index >= 15 is 0 Å². The zero-order chi connectivity index (χ0) is 13.1. The summed E-state index contributed by atoms with van der Waals surface area (Å²) in [5, 5.41) is 16.8. The molecule has 2 unspecified atom stereocenters. The highest BCUT2D eigenvalue weighted by Gasteiger charge is 2.35. The van der Waals surface area contributed by atoms with Crippen LogP contribution in [0.15, 0.2) is 0 Å². The Morgan fingerprint density at radius 3 is 2.65 bits per heavy atom. The molecular formula is C10H17N3O4. The molecule has 0 aromatic heterocycles. The van der Waals surface area contributed by atoms with Crippen LogP contribution in [0.25, 0.3) is 0 Å². The van der Waals surface area contributed by atoms with Gasteiger partial charge in [-0.1, -0.05) is 6.92 Å². The van der Waals surface area contributed by atoms with E-state index in [1.54, 1.807) is 6.92 Å². The lowest BCUT2D eigenvalue weighted by Gasteiger charge is -2.29. The fourth-order valence-corrected chi connectivity index (χ4v) is 1.40. The predicted octanol–water partition coefficient (Wildman–Crippen LogP) is -1.56. The van der Waals surface area contributed by atoms with Gasteiger partial charge in [0.2, 0.25) is 11.8 Å². The normalized spacial score (nSPS) is 23.4. The number of hydrogen-bond donors (Lipinski definition) is 4. The van der Waals surface area contributed by atoms with Crippen molar-refractivity contribution in [1.29, 1.82) is 0 Å². The number of carboxylic acid groups (broad SMARTS) is 1. The number of carbonyl (C=O) groups excluding carboxylic acids is 2. The number of nitrogens with one attached hydrogen (secondary N) is 3. The molecule has 0 aromatic carbocycles. The molecular weight excluding hydrogens is 226 g/mol. The highest BCUT2D eigenvalue weighted by atomic mass is 16.4. The van der Waals surface area contributed by atoms with Crippen LogP contribution in [0.4, 0.5) is 0 Å². The lowest BCUT2D eigenvalue weighted by Crippen LogP contribution is -2.62. The Bertz CT molecular complexity index is 334. The van der Waals surface area contributed by atoms with Gasteiger partial charge in [0.15, 0.2) is 0 Å². The van der Waals surface area contributed by atoms with Crippen molar-refractivity contribution in [2.24, 2.45) is 0 Å². The molecule has 1 heterocycles. The van der Waals surface area contributed by atoms with Crippen LogP contribution in [0.1, 0.15) is 20.3 Å². The van der Waals surface area contributed by atoms with Gasteiger partial charge in [0.1, 0.15) is 11.6 Å². The number of aliphatic carboxylic acids is 1. The molecule has 1 rings (SSSR count). The van der Waals surface area contributed by atoms with Gasteiger partial charge in [-0.25, -0.2) is 4.79 Å². The molecule has 0 radical (unpaired) electrons. The molecule has 1 aliphatic heterocycles. The van der Waals surface area contributed by atoms with Crippen molar-refractivity contribution in [3.8, 4) is 0 Å². The van der Waals surface area contributed by atoms with Gasteiger partial charge in [0, 0.05) is 6.54 Å². The van der Waals surface area contributed by atoms with Crippen LogP contribution in [-0.4, -0.2) is 47.6 Å². The molecule has 0 aromatic rings. The van der Waals surface area contributed by atoms with Crippen LogP contribution in [0.3, 0.4) is 0 Å². The number of amides is 2. The molecule has 0 saturated carbocycles. The second kappa shape index (κ2) is 5.13. The highest BCUT2D eigenvalue weighted by molar-refractivity contribution is 5.91. The maximum Gasteiger partial charge on any atom is 0.329 e. The third-order valence-electron chi connectivity index (χ3n) is 2.91. The largest absolute Gasteiger partial charge is 0.480 e. The van der Waals surface area contributed by atoms with E-state index in [4.69, 9.17) is 5.11 Å². The Labute approximate surface area is 98.9 Å². The predicted molar refractivity (Wildman–Crippen MR) is 59.3 cm³/mol. The third-order valence-corrected chi connectivity index (χ3v) is 2.91. The van der Waals surface area contributed by atoms with Crippen molar-refractivity contribution in [3.05, 3.63) is 0 Å². The van der Waals surface area contributed by atoms with E-state index in [-0.39, 0.29) is 25.4 Å². The first-order valence-corrected chi connectivity index (χ1v) is 5.44. The monoisotopic (exact) mass is 243 g/mol. The molecule has 1 fully saturated rings. The van der Waals surface area contributed by atoms with E-state index in [9.17, 15) is 14.4 Å². The summed E-state index contributed by atoms with van der Waals surface area (Å²) in [6.07, 6.45) is 0.285. The van der Waals surface area contributed by atoms with Gasteiger partial charge in [-0.05, 0) is 13.3 Å². The molecule has 96 valence electrons. The third kappa shape index (κ3) is 3.16. The minimum atomic E-state index is -1.28. The fourth-order valence-electron chi connectivity index (χ4n) is 1.40. The maximum atomic E-state index is 11.8. The highest BCUT2D eigenvalue weighted by Crippen LogP contribution is 2.09. The van der Waals surface area contributed by atoms with Crippen LogP contribution in [0.5, 0.6) is 0 Å².